The molecule has 28 heavy (non-hydrogen) atoms. The predicted molar refractivity (Wildman–Crippen MR) is 108 cm³/mol. The maximum atomic E-state index is 13.5. The van der Waals surface area contributed by atoms with Crippen LogP contribution in [-0.2, 0) is 5.75 Å². The van der Waals surface area contributed by atoms with Crippen molar-refractivity contribution in [2.24, 2.45) is 0 Å². The highest BCUT2D eigenvalue weighted by molar-refractivity contribution is 7.98. The zero-order valence-electron chi connectivity index (χ0n) is 15.9. The van der Waals surface area contributed by atoms with Gasteiger partial charge >= 0.3 is 0 Å². The molecule has 3 aromatic rings. The van der Waals surface area contributed by atoms with Crippen molar-refractivity contribution in [2.45, 2.75) is 55.9 Å². The first kappa shape index (κ1) is 19.1. The van der Waals surface area contributed by atoms with E-state index in [2.05, 4.69) is 33.8 Å². The van der Waals surface area contributed by atoms with Crippen molar-refractivity contribution in [1.29, 1.82) is 0 Å². The van der Waals surface area contributed by atoms with Crippen molar-refractivity contribution in [3.63, 3.8) is 0 Å². The van der Waals surface area contributed by atoms with Crippen molar-refractivity contribution in [3.8, 4) is 5.69 Å². The first-order valence-corrected chi connectivity index (χ1v) is 10.7. The highest BCUT2D eigenvalue weighted by Crippen LogP contribution is 2.36. The summed E-state index contributed by atoms with van der Waals surface area (Å²) in [7, 11) is 0. The molecule has 1 heterocycles. The largest absolute Gasteiger partial charge is 0.274 e. The third-order valence-electron chi connectivity index (χ3n) is 5.34. The number of nitrogens with zero attached hydrogens (tertiary/aromatic N) is 3. The first-order valence-electron chi connectivity index (χ1n) is 9.71. The number of halogens is 2. The van der Waals surface area contributed by atoms with E-state index in [1.807, 2.05) is 12.1 Å². The van der Waals surface area contributed by atoms with E-state index in [0.29, 0.717) is 11.7 Å². The lowest BCUT2D eigenvalue weighted by atomic mass is 9.88. The summed E-state index contributed by atoms with van der Waals surface area (Å²) in [5, 5.41) is 9.82. The van der Waals surface area contributed by atoms with Crippen molar-refractivity contribution < 1.29 is 8.78 Å². The topological polar surface area (TPSA) is 30.7 Å². The molecule has 0 amide bonds. The second kappa shape index (κ2) is 8.43. The average Bonchev–Trinajstić information content (AvgIpc) is 3.13. The molecule has 0 radical (unpaired) electrons. The van der Waals surface area contributed by atoms with E-state index < -0.39 is 11.6 Å². The smallest absolute Gasteiger partial charge is 0.196 e. The van der Waals surface area contributed by atoms with Crippen molar-refractivity contribution >= 4 is 11.8 Å². The van der Waals surface area contributed by atoms with Crippen LogP contribution >= 0.6 is 11.8 Å². The Balaban J connectivity index is 1.67. The van der Waals surface area contributed by atoms with Gasteiger partial charge in [0, 0.05) is 11.7 Å². The SMILES string of the molecule is Cc1ccccc1-n1c(SCc2ccc(F)c(F)c2)nnc1C1CCCCC1. The number of aryl methyl sites for hydroxylation is 1. The molecule has 146 valence electrons. The standard InChI is InChI=1S/C22H23F2N3S/c1-15-7-5-6-10-20(15)27-21(17-8-3-2-4-9-17)25-26-22(27)28-14-16-11-12-18(23)19(24)13-16/h5-7,10-13,17H,2-4,8-9,14H2,1H3. The van der Waals surface area contributed by atoms with E-state index in [1.54, 1.807) is 6.07 Å². The van der Waals surface area contributed by atoms with Gasteiger partial charge < -0.3 is 0 Å². The van der Waals surface area contributed by atoms with Crippen LogP contribution in [0.1, 0.15) is 55.0 Å². The van der Waals surface area contributed by atoms with Gasteiger partial charge in [0.15, 0.2) is 16.8 Å². The van der Waals surface area contributed by atoms with E-state index in [0.717, 1.165) is 40.6 Å². The highest BCUT2D eigenvalue weighted by Gasteiger charge is 2.25. The van der Waals surface area contributed by atoms with Gasteiger partial charge in [-0.3, -0.25) is 4.57 Å². The van der Waals surface area contributed by atoms with E-state index >= 15 is 0 Å². The first-order chi connectivity index (χ1) is 13.6. The highest BCUT2D eigenvalue weighted by atomic mass is 32.2. The van der Waals surface area contributed by atoms with Crippen LogP contribution in [0.15, 0.2) is 47.6 Å². The Labute approximate surface area is 168 Å². The molecule has 3 nitrogen and oxygen atoms in total. The summed E-state index contributed by atoms with van der Waals surface area (Å²) in [4.78, 5) is 0. The maximum absolute atomic E-state index is 13.5. The number of aromatic nitrogens is 3. The molecule has 0 spiro atoms. The number of hydrogen-bond acceptors (Lipinski definition) is 3. The van der Waals surface area contributed by atoms with Gasteiger partial charge in [-0.15, -0.1) is 10.2 Å². The average molecular weight is 400 g/mol. The van der Waals surface area contributed by atoms with Crippen LogP contribution < -0.4 is 0 Å². The number of rotatable bonds is 5. The summed E-state index contributed by atoms with van der Waals surface area (Å²) in [5.41, 5.74) is 2.97. The third-order valence-corrected chi connectivity index (χ3v) is 6.34. The lowest BCUT2D eigenvalue weighted by Gasteiger charge is -2.22. The molecule has 6 heteroatoms. The van der Waals surface area contributed by atoms with Gasteiger partial charge in [0.1, 0.15) is 5.82 Å². The Bertz CT molecular complexity index is 964. The van der Waals surface area contributed by atoms with Gasteiger partial charge in [-0.25, -0.2) is 8.78 Å². The summed E-state index contributed by atoms with van der Waals surface area (Å²) < 4.78 is 28.9. The lowest BCUT2D eigenvalue weighted by Crippen LogP contribution is -2.12. The minimum Gasteiger partial charge on any atom is -0.274 e. The van der Waals surface area contributed by atoms with Gasteiger partial charge in [0.05, 0.1) is 5.69 Å². The van der Waals surface area contributed by atoms with Crippen LogP contribution in [0.3, 0.4) is 0 Å². The summed E-state index contributed by atoms with van der Waals surface area (Å²) in [5.74, 6) is 0.296. The van der Waals surface area contributed by atoms with E-state index in [9.17, 15) is 8.78 Å². The summed E-state index contributed by atoms with van der Waals surface area (Å²) in [6.45, 7) is 2.09. The molecular formula is C22H23F2N3S. The van der Waals surface area contributed by atoms with E-state index in [-0.39, 0.29) is 0 Å². The second-order valence-corrected chi connectivity index (χ2v) is 8.28. The molecule has 1 aliphatic carbocycles. The molecule has 0 unspecified atom stereocenters. The monoisotopic (exact) mass is 399 g/mol. The predicted octanol–water partition coefficient (Wildman–Crippen LogP) is 6.19. The van der Waals surface area contributed by atoms with Crippen LogP contribution in [0.4, 0.5) is 8.78 Å². The fraction of sp³-hybridized carbons (Fsp3) is 0.364. The van der Waals surface area contributed by atoms with Crippen molar-refractivity contribution in [3.05, 3.63) is 71.1 Å². The molecule has 0 saturated heterocycles. The zero-order valence-corrected chi connectivity index (χ0v) is 16.7. The number of thioether (sulfide) groups is 1. The van der Waals surface area contributed by atoms with Crippen molar-refractivity contribution in [2.75, 3.05) is 0 Å². The second-order valence-electron chi connectivity index (χ2n) is 7.33. The summed E-state index contributed by atoms with van der Waals surface area (Å²) in [6, 6.07) is 12.3. The van der Waals surface area contributed by atoms with Crippen LogP contribution in [0.5, 0.6) is 0 Å². The Hall–Kier alpha value is -2.21. The number of benzene rings is 2. The Morgan fingerprint density at radius 2 is 1.79 bits per heavy atom. The zero-order chi connectivity index (χ0) is 19.5. The van der Waals surface area contributed by atoms with E-state index in [1.165, 1.54) is 43.2 Å². The van der Waals surface area contributed by atoms with E-state index in [4.69, 9.17) is 0 Å². The molecule has 1 aliphatic rings. The Morgan fingerprint density at radius 1 is 1.00 bits per heavy atom. The minimum absolute atomic E-state index is 0.415. The van der Waals surface area contributed by atoms with Crippen LogP contribution in [0.25, 0.3) is 5.69 Å². The van der Waals surface area contributed by atoms with Gasteiger partial charge in [0.2, 0.25) is 0 Å². The molecular weight excluding hydrogens is 376 g/mol. The van der Waals surface area contributed by atoms with Crippen LogP contribution in [0, 0.1) is 18.6 Å². The summed E-state index contributed by atoms with van der Waals surface area (Å²) in [6.07, 6.45) is 6.01. The molecule has 1 aromatic heterocycles. The molecule has 2 aromatic carbocycles. The normalized spacial score (nSPS) is 15.1. The van der Waals surface area contributed by atoms with Crippen molar-refractivity contribution in [1.82, 2.24) is 14.8 Å². The lowest BCUT2D eigenvalue weighted by molar-refractivity contribution is 0.423. The Kier molecular flexibility index (Phi) is 5.76. The molecule has 0 aliphatic heterocycles. The third kappa shape index (κ3) is 3.97. The molecule has 1 saturated carbocycles. The van der Waals surface area contributed by atoms with Gasteiger partial charge in [-0.05, 0) is 49.1 Å². The van der Waals surface area contributed by atoms with Gasteiger partial charge in [-0.2, -0.15) is 0 Å². The molecule has 0 N–H and O–H groups in total. The minimum atomic E-state index is -0.823. The molecule has 0 bridgehead atoms. The van der Waals surface area contributed by atoms with Crippen LogP contribution in [0.2, 0.25) is 0 Å². The molecule has 0 atom stereocenters. The number of hydrogen-bond donors (Lipinski definition) is 0. The molecule has 1 fully saturated rings. The Morgan fingerprint density at radius 3 is 2.54 bits per heavy atom. The quantitative estimate of drug-likeness (QED) is 0.479. The maximum Gasteiger partial charge on any atom is 0.196 e. The fourth-order valence-electron chi connectivity index (χ4n) is 3.82. The van der Waals surface area contributed by atoms with Gasteiger partial charge in [0.25, 0.3) is 0 Å². The fourth-order valence-corrected chi connectivity index (χ4v) is 4.71. The molecule has 4 rings (SSSR count). The van der Waals surface area contributed by atoms with Crippen LogP contribution in [-0.4, -0.2) is 14.8 Å². The number of para-hydroxylation sites is 1. The summed E-state index contributed by atoms with van der Waals surface area (Å²) >= 11 is 1.50. The van der Waals surface area contributed by atoms with Gasteiger partial charge in [-0.1, -0.05) is 55.3 Å².